The monoisotopic (exact) mass is 236 g/mol. The molecule has 0 aromatic carbocycles. The summed E-state index contributed by atoms with van der Waals surface area (Å²) in [5.74, 6) is 1.55. The molecule has 1 aliphatic heterocycles. The second-order valence-electron chi connectivity index (χ2n) is 4.48. The fourth-order valence-corrected chi connectivity index (χ4v) is 2.19. The summed E-state index contributed by atoms with van der Waals surface area (Å²) in [7, 11) is 0. The van der Waals surface area contributed by atoms with Gasteiger partial charge in [0.1, 0.15) is 5.82 Å². The Labute approximate surface area is 102 Å². The highest BCUT2D eigenvalue weighted by Gasteiger charge is 2.18. The number of likely N-dealkylation sites (tertiary alicyclic amines) is 1. The van der Waals surface area contributed by atoms with E-state index in [1.54, 1.807) is 18.6 Å². The molecule has 0 radical (unpaired) electrons. The first-order valence-corrected chi connectivity index (χ1v) is 6.21. The molecular formula is C12H20N4O. The zero-order valence-electron chi connectivity index (χ0n) is 10.0. The van der Waals surface area contributed by atoms with Crippen molar-refractivity contribution >= 4 is 5.82 Å². The van der Waals surface area contributed by atoms with Crippen molar-refractivity contribution in [1.82, 2.24) is 14.9 Å². The van der Waals surface area contributed by atoms with E-state index in [9.17, 15) is 0 Å². The third-order valence-corrected chi connectivity index (χ3v) is 3.26. The van der Waals surface area contributed by atoms with Gasteiger partial charge in [-0.05, 0) is 31.8 Å². The fraction of sp³-hybridized carbons (Fsp3) is 0.667. The van der Waals surface area contributed by atoms with Crippen LogP contribution in [0.4, 0.5) is 5.82 Å². The van der Waals surface area contributed by atoms with Gasteiger partial charge in [-0.15, -0.1) is 0 Å². The SMILES string of the molecule is OCCN1CCC(CNc2cnccn2)CC1. The molecule has 0 aliphatic carbocycles. The number of aliphatic hydroxyl groups is 1. The van der Waals surface area contributed by atoms with Gasteiger partial charge in [0.05, 0.1) is 12.8 Å². The third kappa shape index (κ3) is 3.94. The van der Waals surface area contributed by atoms with Crippen molar-refractivity contribution in [1.29, 1.82) is 0 Å². The molecule has 5 nitrogen and oxygen atoms in total. The molecule has 0 amide bonds. The lowest BCUT2D eigenvalue weighted by Crippen LogP contribution is -2.37. The molecule has 2 rings (SSSR count). The number of nitrogens with zero attached hydrogens (tertiary/aromatic N) is 3. The van der Waals surface area contributed by atoms with Crippen molar-refractivity contribution in [2.24, 2.45) is 5.92 Å². The number of anilines is 1. The van der Waals surface area contributed by atoms with Crippen LogP contribution in [0.1, 0.15) is 12.8 Å². The summed E-state index contributed by atoms with van der Waals surface area (Å²) in [6.45, 7) is 4.22. The van der Waals surface area contributed by atoms with Gasteiger partial charge in [0.25, 0.3) is 0 Å². The minimum atomic E-state index is 0.266. The molecule has 0 saturated carbocycles. The van der Waals surface area contributed by atoms with Crippen LogP contribution in [0, 0.1) is 5.92 Å². The predicted molar refractivity (Wildman–Crippen MR) is 66.8 cm³/mol. The van der Waals surface area contributed by atoms with Gasteiger partial charge in [-0.25, -0.2) is 4.98 Å². The molecule has 0 atom stereocenters. The van der Waals surface area contributed by atoms with Crippen LogP contribution in [0.2, 0.25) is 0 Å². The number of aromatic nitrogens is 2. The van der Waals surface area contributed by atoms with Gasteiger partial charge in [0.15, 0.2) is 0 Å². The molecule has 2 N–H and O–H groups in total. The van der Waals surface area contributed by atoms with Crippen LogP contribution in [0.3, 0.4) is 0 Å². The molecule has 1 saturated heterocycles. The molecule has 1 aromatic heterocycles. The Balaban J connectivity index is 1.68. The van der Waals surface area contributed by atoms with E-state index >= 15 is 0 Å². The van der Waals surface area contributed by atoms with Crippen LogP contribution in [0.25, 0.3) is 0 Å². The van der Waals surface area contributed by atoms with Crippen molar-refractivity contribution in [3.05, 3.63) is 18.6 Å². The molecule has 2 heterocycles. The molecule has 94 valence electrons. The number of β-amino-alcohol motifs (C(OH)–C–C–N with tert-alkyl or cyclic N) is 1. The second kappa shape index (κ2) is 6.51. The van der Waals surface area contributed by atoms with E-state index in [0.717, 1.165) is 32.0 Å². The van der Waals surface area contributed by atoms with Gasteiger partial charge >= 0.3 is 0 Å². The summed E-state index contributed by atoms with van der Waals surface area (Å²) in [5, 5.41) is 12.2. The molecule has 0 spiro atoms. The van der Waals surface area contributed by atoms with Gasteiger partial charge in [0, 0.05) is 25.5 Å². The van der Waals surface area contributed by atoms with Crippen molar-refractivity contribution in [2.75, 3.05) is 38.1 Å². The molecule has 5 heteroatoms. The first-order valence-electron chi connectivity index (χ1n) is 6.21. The van der Waals surface area contributed by atoms with Crippen LogP contribution in [-0.2, 0) is 0 Å². The summed E-state index contributed by atoms with van der Waals surface area (Å²) in [5.41, 5.74) is 0. The van der Waals surface area contributed by atoms with Crippen molar-refractivity contribution < 1.29 is 5.11 Å². The van der Waals surface area contributed by atoms with E-state index in [4.69, 9.17) is 5.11 Å². The van der Waals surface area contributed by atoms with E-state index in [1.165, 1.54) is 12.8 Å². The Morgan fingerprint density at radius 3 is 2.82 bits per heavy atom. The van der Waals surface area contributed by atoms with Crippen molar-refractivity contribution in [3.8, 4) is 0 Å². The maximum atomic E-state index is 8.87. The summed E-state index contributed by atoms with van der Waals surface area (Å²) < 4.78 is 0. The molecule has 0 unspecified atom stereocenters. The van der Waals surface area contributed by atoms with Crippen LogP contribution < -0.4 is 5.32 Å². The first-order chi connectivity index (χ1) is 8.38. The van der Waals surface area contributed by atoms with E-state index in [2.05, 4.69) is 20.2 Å². The Bertz CT molecular complexity index is 312. The molecule has 1 aliphatic rings. The highest BCUT2D eigenvalue weighted by atomic mass is 16.3. The Kier molecular flexibility index (Phi) is 4.70. The van der Waals surface area contributed by atoms with Crippen molar-refractivity contribution in [2.45, 2.75) is 12.8 Å². The maximum absolute atomic E-state index is 8.87. The summed E-state index contributed by atoms with van der Waals surface area (Å²) in [6.07, 6.45) is 7.51. The van der Waals surface area contributed by atoms with E-state index in [1.807, 2.05) is 0 Å². The number of rotatable bonds is 5. The normalized spacial score (nSPS) is 18.2. The molecular weight excluding hydrogens is 216 g/mol. The lowest BCUT2D eigenvalue weighted by Gasteiger charge is -2.31. The first kappa shape index (κ1) is 12.3. The van der Waals surface area contributed by atoms with E-state index < -0.39 is 0 Å². The van der Waals surface area contributed by atoms with Crippen LogP contribution in [0.15, 0.2) is 18.6 Å². The van der Waals surface area contributed by atoms with E-state index in [-0.39, 0.29) is 6.61 Å². The Morgan fingerprint density at radius 2 is 2.18 bits per heavy atom. The highest BCUT2D eigenvalue weighted by Crippen LogP contribution is 2.17. The van der Waals surface area contributed by atoms with Crippen LogP contribution >= 0.6 is 0 Å². The topological polar surface area (TPSA) is 61.3 Å². The lowest BCUT2D eigenvalue weighted by atomic mass is 9.97. The number of piperidine rings is 1. The summed E-state index contributed by atoms with van der Waals surface area (Å²) in [6, 6.07) is 0. The lowest BCUT2D eigenvalue weighted by molar-refractivity contribution is 0.151. The van der Waals surface area contributed by atoms with E-state index in [0.29, 0.717) is 5.92 Å². The molecule has 0 bridgehead atoms. The smallest absolute Gasteiger partial charge is 0.144 e. The standard InChI is InChI=1S/C12H20N4O/c17-8-7-16-5-1-11(2-6-16)9-15-12-10-13-3-4-14-12/h3-4,10-11,17H,1-2,5-9H2,(H,14,15). The average molecular weight is 236 g/mol. The zero-order chi connectivity index (χ0) is 11.9. The van der Waals surface area contributed by atoms with Gasteiger partial charge in [-0.3, -0.25) is 4.98 Å². The van der Waals surface area contributed by atoms with Crippen molar-refractivity contribution in [3.63, 3.8) is 0 Å². The molecule has 1 aromatic rings. The number of hydrogen-bond acceptors (Lipinski definition) is 5. The Morgan fingerprint density at radius 1 is 1.35 bits per heavy atom. The number of hydrogen-bond donors (Lipinski definition) is 2. The minimum Gasteiger partial charge on any atom is -0.395 e. The highest BCUT2D eigenvalue weighted by molar-refractivity contribution is 5.29. The van der Waals surface area contributed by atoms with Crippen LogP contribution in [0.5, 0.6) is 0 Å². The largest absolute Gasteiger partial charge is 0.395 e. The Hall–Kier alpha value is -1.20. The maximum Gasteiger partial charge on any atom is 0.144 e. The molecule has 17 heavy (non-hydrogen) atoms. The van der Waals surface area contributed by atoms with Gasteiger partial charge < -0.3 is 15.3 Å². The van der Waals surface area contributed by atoms with Gasteiger partial charge in [-0.2, -0.15) is 0 Å². The van der Waals surface area contributed by atoms with Gasteiger partial charge in [0.2, 0.25) is 0 Å². The fourth-order valence-electron chi connectivity index (χ4n) is 2.19. The summed E-state index contributed by atoms with van der Waals surface area (Å²) >= 11 is 0. The summed E-state index contributed by atoms with van der Waals surface area (Å²) in [4.78, 5) is 10.5. The van der Waals surface area contributed by atoms with Gasteiger partial charge in [-0.1, -0.05) is 0 Å². The quantitative estimate of drug-likeness (QED) is 0.783. The number of nitrogens with one attached hydrogen (secondary N) is 1. The molecule has 1 fully saturated rings. The van der Waals surface area contributed by atoms with Crippen LogP contribution in [-0.4, -0.2) is 52.8 Å². The third-order valence-electron chi connectivity index (χ3n) is 3.26. The second-order valence-corrected chi connectivity index (χ2v) is 4.48. The average Bonchev–Trinajstić information content (AvgIpc) is 2.40. The predicted octanol–water partition coefficient (Wildman–Crippen LogP) is 0.593. The zero-order valence-corrected chi connectivity index (χ0v) is 10.0. The number of aliphatic hydroxyl groups excluding tert-OH is 1. The minimum absolute atomic E-state index is 0.266.